The predicted octanol–water partition coefficient (Wildman–Crippen LogP) is 4.16. The van der Waals surface area contributed by atoms with Crippen molar-refractivity contribution in [1.29, 1.82) is 0 Å². The van der Waals surface area contributed by atoms with Crippen molar-refractivity contribution in [3.63, 3.8) is 0 Å². The van der Waals surface area contributed by atoms with Crippen molar-refractivity contribution in [2.45, 2.75) is 32.4 Å². The fourth-order valence-corrected chi connectivity index (χ4v) is 3.79. The number of aryl methyl sites for hydroxylation is 1. The first-order valence-electron chi connectivity index (χ1n) is 9.50. The van der Waals surface area contributed by atoms with Crippen LogP contribution in [0.1, 0.15) is 34.8 Å². The fourth-order valence-electron chi connectivity index (χ4n) is 3.79. The van der Waals surface area contributed by atoms with E-state index < -0.39 is 17.3 Å². The van der Waals surface area contributed by atoms with E-state index in [-0.39, 0.29) is 24.0 Å². The van der Waals surface area contributed by atoms with E-state index in [0.29, 0.717) is 24.1 Å². The molecule has 29 heavy (non-hydrogen) atoms. The lowest BCUT2D eigenvalue weighted by Gasteiger charge is -2.35. The van der Waals surface area contributed by atoms with Crippen molar-refractivity contribution in [1.82, 2.24) is 4.57 Å². The molecule has 1 amide bonds. The van der Waals surface area contributed by atoms with Gasteiger partial charge in [0.05, 0.1) is 6.54 Å². The predicted molar refractivity (Wildman–Crippen MR) is 107 cm³/mol. The molecule has 3 aromatic rings. The molecular formula is C23H20F2N2O2. The van der Waals surface area contributed by atoms with Crippen LogP contribution >= 0.6 is 0 Å². The standard InChI is InChI=1S/C23H20F2N2O2/c1-15-8-9-16-13-18(24)10-11-21(16)27(15)23(29)19-6-4-12-26(22(19)28)14-17-5-2-3-7-20(17)25/h2-7,10-13,15H,8-9,14H2,1H3/t15-/m0/s1. The van der Waals surface area contributed by atoms with Crippen LogP contribution in [0.3, 0.4) is 0 Å². The zero-order valence-electron chi connectivity index (χ0n) is 15.9. The van der Waals surface area contributed by atoms with Gasteiger partial charge in [-0.2, -0.15) is 0 Å². The molecule has 0 unspecified atom stereocenters. The molecule has 1 aliphatic heterocycles. The Morgan fingerprint density at radius 2 is 1.90 bits per heavy atom. The molecular weight excluding hydrogens is 374 g/mol. The molecule has 1 atom stereocenters. The number of carbonyl (C=O) groups excluding carboxylic acids is 1. The SMILES string of the molecule is C[C@H]1CCc2cc(F)ccc2N1C(=O)c1cccn(Cc2ccccc2F)c1=O. The van der Waals surface area contributed by atoms with Gasteiger partial charge in [0, 0.05) is 23.5 Å². The molecule has 1 aromatic heterocycles. The zero-order valence-corrected chi connectivity index (χ0v) is 15.9. The second-order valence-electron chi connectivity index (χ2n) is 7.28. The second-order valence-corrected chi connectivity index (χ2v) is 7.28. The number of carbonyl (C=O) groups is 1. The Hall–Kier alpha value is -3.28. The highest BCUT2D eigenvalue weighted by Gasteiger charge is 2.30. The molecule has 4 nitrogen and oxygen atoms in total. The molecule has 6 heteroatoms. The van der Waals surface area contributed by atoms with E-state index in [0.717, 1.165) is 5.56 Å². The molecule has 0 aliphatic carbocycles. The molecule has 4 rings (SSSR count). The van der Waals surface area contributed by atoms with E-state index in [4.69, 9.17) is 0 Å². The molecule has 2 aromatic carbocycles. The summed E-state index contributed by atoms with van der Waals surface area (Å²) in [6.45, 7) is 1.94. The molecule has 1 aliphatic rings. The summed E-state index contributed by atoms with van der Waals surface area (Å²) < 4.78 is 28.9. The van der Waals surface area contributed by atoms with Gasteiger partial charge in [-0.15, -0.1) is 0 Å². The number of nitrogens with zero attached hydrogens (tertiary/aromatic N) is 2. The summed E-state index contributed by atoms with van der Waals surface area (Å²) >= 11 is 0. The van der Waals surface area contributed by atoms with Crippen molar-refractivity contribution < 1.29 is 13.6 Å². The molecule has 0 bridgehead atoms. The number of aromatic nitrogens is 1. The number of fused-ring (bicyclic) bond motifs is 1. The van der Waals surface area contributed by atoms with Crippen LogP contribution in [0.4, 0.5) is 14.5 Å². The van der Waals surface area contributed by atoms with Gasteiger partial charge in [-0.05, 0) is 61.7 Å². The van der Waals surface area contributed by atoms with Gasteiger partial charge < -0.3 is 9.47 Å². The number of hydrogen-bond donors (Lipinski definition) is 0. The maximum Gasteiger partial charge on any atom is 0.264 e. The van der Waals surface area contributed by atoms with Gasteiger partial charge >= 0.3 is 0 Å². The van der Waals surface area contributed by atoms with E-state index in [1.165, 1.54) is 35.0 Å². The highest BCUT2D eigenvalue weighted by Crippen LogP contribution is 2.32. The van der Waals surface area contributed by atoms with E-state index in [1.54, 1.807) is 35.2 Å². The third-order valence-electron chi connectivity index (χ3n) is 5.34. The monoisotopic (exact) mass is 394 g/mol. The van der Waals surface area contributed by atoms with Gasteiger partial charge in [0.15, 0.2) is 0 Å². The van der Waals surface area contributed by atoms with Crippen LogP contribution in [-0.2, 0) is 13.0 Å². The van der Waals surface area contributed by atoms with Crippen molar-refractivity contribution in [3.05, 3.63) is 99.5 Å². The van der Waals surface area contributed by atoms with Gasteiger partial charge in [0.1, 0.15) is 17.2 Å². The van der Waals surface area contributed by atoms with Crippen molar-refractivity contribution in [2.24, 2.45) is 0 Å². The van der Waals surface area contributed by atoms with Crippen molar-refractivity contribution in [2.75, 3.05) is 4.90 Å². The number of amides is 1. The highest BCUT2D eigenvalue weighted by atomic mass is 19.1. The summed E-state index contributed by atoms with van der Waals surface area (Å²) in [4.78, 5) is 27.8. The van der Waals surface area contributed by atoms with Crippen LogP contribution in [0.15, 0.2) is 65.6 Å². The molecule has 0 fully saturated rings. The Morgan fingerprint density at radius 3 is 2.69 bits per heavy atom. The number of benzene rings is 2. The minimum absolute atomic E-state index is 0.00728. The van der Waals surface area contributed by atoms with Gasteiger partial charge in [-0.3, -0.25) is 9.59 Å². The Kier molecular flexibility index (Phi) is 5.01. The smallest absolute Gasteiger partial charge is 0.264 e. The van der Waals surface area contributed by atoms with Crippen LogP contribution in [0.2, 0.25) is 0 Å². The van der Waals surface area contributed by atoms with Crippen LogP contribution in [0.5, 0.6) is 0 Å². The lowest BCUT2D eigenvalue weighted by Crippen LogP contribution is -2.44. The first kappa shape index (κ1) is 19.1. The molecule has 0 spiro atoms. The maximum absolute atomic E-state index is 14.0. The van der Waals surface area contributed by atoms with Crippen LogP contribution in [0, 0.1) is 11.6 Å². The largest absolute Gasteiger partial charge is 0.310 e. The van der Waals surface area contributed by atoms with Crippen molar-refractivity contribution >= 4 is 11.6 Å². The van der Waals surface area contributed by atoms with E-state index >= 15 is 0 Å². The second kappa shape index (κ2) is 7.62. The minimum atomic E-state index is -0.484. The average molecular weight is 394 g/mol. The molecule has 0 saturated carbocycles. The van der Waals surface area contributed by atoms with Crippen LogP contribution < -0.4 is 10.5 Å². The van der Waals surface area contributed by atoms with E-state index in [1.807, 2.05) is 6.92 Å². The number of pyridine rings is 1. The number of rotatable bonds is 3. The quantitative estimate of drug-likeness (QED) is 0.670. The lowest BCUT2D eigenvalue weighted by molar-refractivity contribution is 0.0973. The Balaban J connectivity index is 1.72. The third-order valence-corrected chi connectivity index (χ3v) is 5.34. The average Bonchev–Trinajstić information content (AvgIpc) is 2.71. The summed E-state index contributed by atoms with van der Waals surface area (Å²) in [5.74, 6) is -1.19. The normalized spacial score (nSPS) is 15.8. The van der Waals surface area contributed by atoms with Crippen molar-refractivity contribution in [3.8, 4) is 0 Å². The summed E-state index contributed by atoms with van der Waals surface area (Å²) in [6, 6.07) is 13.5. The van der Waals surface area contributed by atoms with Gasteiger partial charge in [0.25, 0.3) is 11.5 Å². The molecule has 0 radical (unpaired) electrons. The van der Waals surface area contributed by atoms with Gasteiger partial charge in [-0.25, -0.2) is 8.78 Å². The summed E-state index contributed by atoms with van der Waals surface area (Å²) in [5.41, 5.74) is 1.26. The topological polar surface area (TPSA) is 42.3 Å². The Labute approximate surface area is 167 Å². The molecule has 148 valence electrons. The molecule has 2 heterocycles. The van der Waals surface area contributed by atoms with Gasteiger partial charge in [0.2, 0.25) is 0 Å². The van der Waals surface area contributed by atoms with E-state index in [9.17, 15) is 18.4 Å². The Morgan fingerprint density at radius 1 is 1.10 bits per heavy atom. The van der Waals surface area contributed by atoms with E-state index in [2.05, 4.69) is 0 Å². The Bertz CT molecular complexity index is 1140. The summed E-state index contributed by atoms with van der Waals surface area (Å²) in [5, 5.41) is 0. The third kappa shape index (κ3) is 3.58. The first-order valence-corrected chi connectivity index (χ1v) is 9.50. The molecule has 0 N–H and O–H groups in total. The highest BCUT2D eigenvalue weighted by molar-refractivity contribution is 6.06. The van der Waals surface area contributed by atoms with Gasteiger partial charge in [-0.1, -0.05) is 18.2 Å². The fraction of sp³-hybridized carbons (Fsp3) is 0.217. The molecule has 0 saturated heterocycles. The lowest BCUT2D eigenvalue weighted by atomic mass is 9.95. The minimum Gasteiger partial charge on any atom is -0.310 e. The zero-order chi connectivity index (χ0) is 20.5. The van der Waals surface area contributed by atoms with Crippen LogP contribution in [-0.4, -0.2) is 16.5 Å². The summed E-state index contributed by atoms with van der Waals surface area (Å²) in [6.07, 6.45) is 2.89. The maximum atomic E-state index is 14.0. The first-order chi connectivity index (χ1) is 14.0. The number of halogens is 2. The van der Waals surface area contributed by atoms with Crippen LogP contribution in [0.25, 0.3) is 0 Å². The summed E-state index contributed by atoms with van der Waals surface area (Å²) in [7, 11) is 0. The number of hydrogen-bond acceptors (Lipinski definition) is 2. The number of anilines is 1.